The summed E-state index contributed by atoms with van der Waals surface area (Å²) in [5.41, 5.74) is 6.81. The molecule has 0 spiro atoms. The van der Waals surface area contributed by atoms with Crippen LogP contribution in [0.3, 0.4) is 0 Å². The normalized spacial score (nSPS) is 13.2. The molecule has 1 atom stereocenters. The van der Waals surface area contributed by atoms with E-state index in [-0.39, 0.29) is 0 Å². The Morgan fingerprint density at radius 1 is 1.67 bits per heavy atom. The third-order valence-electron chi connectivity index (χ3n) is 1.83. The molecular weight excluding hydrogens is 168 g/mol. The van der Waals surface area contributed by atoms with E-state index in [9.17, 15) is 0 Å². The summed E-state index contributed by atoms with van der Waals surface area (Å²) in [6, 6.07) is 2.67. The first-order valence-electron chi connectivity index (χ1n) is 4.27. The Labute approximate surface area is 77.8 Å². The van der Waals surface area contributed by atoms with Gasteiger partial charge in [-0.3, -0.25) is 0 Å². The molecule has 0 fully saturated rings. The number of rotatable bonds is 5. The molecule has 0 aliphatic heterocycles. The smallest absolute Gasteiger partial charge is 0.0216 e. The van der Waals surface area contributed by atoms with Crippen LogP contribution in [0, 0.1) is 0 Å². The van der Waals surface area contributed by atoms with E-state index in [0.717, 1.165) is 19.5 Å². The van der Waals surface area contributed by atoms with Gasteiger partial charge in [0.25, 0.3) is 0 Å². The zero-order valence-electron chi connectivity index (χ0n) is 7.42. The average molecular weight is 184 g/mol. The van der Waals surface area contributed by atoms with E-state index < -0.39 is 0 Å². The molecule has 1 unspecified atom stereocenters. The quantitative estimate of drug-likeness (QED) is 0.729. The van der Waals surface area contributed by atoms with Crippen LogP contribution in [-0.4, -0.2) is 12.6 Å². The highest BCUT2D eigenvalue weighted by Gasteiger charge is 1.99. The van der Waals surface area contributed by atoms with Gasteiger partial charge < -0.3 is 11.1 Å². The van der Waals surface area contributed by atoms with Gasteiger partial charge in [0.15, 0.2) is 0 Å². The van der Waals surface area contributed by atoms with Gasteiger partial charge in [-0.25, -0.2) is 0 Å². The molecule has 0 aliphatic carbocycles. The molecule has 0 saturated carbocycles. The van der Waals surface area contributed by atoms with Gasteiger partial charge in [-0.15, -0.1) is 0 Å². The second kappa shape index (κ2) is 5.30. The van der Waals surface area contributed by atoms with E-state index in [2.05, 4.69) is 29.1 Å². The molecule has 3 N–H and O–H groups in total. The molecule has 0 radical (unpaired) electrons. The molecule has 0 aromatic carbocycles. The van der Waals surface area contributed by atoms with Gasteiger partial charge in [0.2, 0.25) is 0 Å². The van der Waals surface area contributed by atoms with Crippen molar-refractivity contribution in [1.82, 2.24) is 5.32 Å². The van der Waals surface area contributed by atoms with Crippen LogP contribution in [0.5, 0.6) is 0 Å². The summed E-state index contributed by atoms with van der Waals surface area (Å²) >= 11 is 1.74. The topological polar surface area (TPSA) is 38.0 Å². The second-order valence-electron chi connectivity index (χ2n) is 2.99. The summed E-state index contributed by atoms with van der Waals surface area (Å²) in [6.07, 6.45) is 1.05. The van der Waals surface area contributed by atoms with E-state index in [1.54, 1.807) is 11.3 Å². The van der Waals surface area contributed by atoms with Crippen molar-refractivity contribution < 1.29 is 0 Å². The summed E-state index contributed by atoms with van der Waals surface area (Å²) in [6.45, 7) is 3.89. The van der Waals surface area contributed by atoms with E-state index in [1.807, 2.05) is 0 Å². The summed E-state index contributed by atoms with van der Waals surface area (Å²) < 4.78 is 0. The van der Waals surface area contributed by atoms with Crippen LogP contribution in [0.1, 0.15) is 18.9 Å². The fourth-order valence-electron chi connectivity index (χ4n) is 1.04. The summed E-state index contributed by atoms with van der Waals surface area (Å²) in [4.78, 5) is 0. The molecule has 1 aromatic rings. The van der Waals surface area contributed by atoms with Gasteiger partial charge in [-0.05, 0) is 42.3 Å². The summed E-state index contributed by atoms with van der Waals surface area (Å²) in [5.74, 6) is 0. The van der Waals surface area contributed by atoms with Crippen LogP contribution in [0.4, 0.5) is 0 Å². The molecule has 12 heavy (non-hydrogen) atoms. The maximum atomic E-state index is 5.44. The molecule has 0 aliphatic rings. The van der Waals surface area contributed by atoms with Crippen molar-refractivity contribution in [2.45, 2.75) is 25.9 Å². The van der Waals surface area contributed by atoms with Crippen molar-refractivity contribution in [3.63, 3.8) is 0 Å². The average Bonchev–Trinajstić information content (AvgIpc) is 2.53. The first-order chi connectivity index (χ1) is 5.83. The Hall–Kier alpha value is -0.380. The van der Waals surface area contributed by atoms with E-state index >= 15 is 0 Å². The number of hydrogen-bond acceptors (Lipinski definition) is 3. The third-order valence-corrected chi connectivity index (χ3v) is 2.57. The highest BCUT2D eigenvalue weighted by atomic mass is 32.1. The van der Waals surface area contributed by atoms with Crippen molar-refractivity contribution >= 4 is 11.3 Å². The fraction of sp³-hybridized carbons (Fsp3) is 0.556. The first-order valence-corrected chi connectivity index (χ1v) is 5.21. The second-order valence-corrected chi connectivity index (χ2v) is 3.77. The minimum atomic E-state index is 0.523. The zero-order chi connectivity index (χ0) is 8.81. The molecule has 1 rings (SSSR count). The molecule has 68 valence electrons. The van der Waals surface area contributed by atoms with Crippen molar-refractivity contribution in [3.8, 4) is 0 Å². The molecule has 1 aromatic heterocycles. The monoisotopic (exact) mass is 184 g/mol. The lowest BCUT2D eigenvalue weighted by atomic mass is 10.2. The Bertz CT molecular complexity index is 196. The number of thiophene rings is 1. The van der Waals surface area contributed by atoms with Gasteiger partial charge in [0.05, 0.1) is 0 Å². The Morgan fingerprint density at radius 2 is 2.50 bits per heavy atom. The van der Waals surface area contributed by atoms with Gasteiger partial charge in [-0.2, -0.15) is 11.3 Å². The molecule has 0 amide bonds. The van der Waals surface area contributed by atoms with Crippen LogP contribution >= 0.6 is 11.3 Å². The van der Waals surface area contributed by atoms with E-state index in [4.69, 9.17) is 5.73 Å². The van der Waals surface area contributed by atoms with Crippen LogP contribution < -0.4 is 11.1 Å². The zero-order valence-corrected chi connectivity index (χ0v) is 8.23. The Balaban J connectivity index is 2.17. The molecular formula is C9H16N2S. The predicted molar refractivity (Wildman–Crippen MR) is 54.3 cm³/mol. The lowest BCUT2D eigenvalue weighted by Crippen LogP contribution is -2.27. The van der Waals surface area contributed by atoms with Gasteiger partial charge in [0.1, 0.15) is 0 Å². The van der Waals surface area contributed by atoms with Crippen LogP contribution in [0.25, 0.3) is 0 Å². The van der Waals surface area contributed by atoms with Crippen molar-refractivity contribution in [1.29, 1.82) is 0 Å². The molecule has 2 nitrogen and oxygen atoms in total. The number of nitrogens with two attached hydrogens (primary N) is 1. The highest BCUT2D eigenvalue weighted by Crippen LogP contribution is 2.05. The maximum Gasteiger partial charge on any atom is 0.0216 e. The first kappa shape index (κ1) is 9.71. The molecule has 1 heterocycles. The third kappa shape index (κ3) is 3.34. The van der Waals surface area contributed by atoms with Crippen LogP contribution in [0.15, 0.2) is 16.8 Å². The van der Waals surface area contributed by atoms with E-state index in [1.165, 1.54) is 5.56 Å². The van der Waals surface area contributed by atoms with E-state index in [0.29, 0.717) is 6.04 Å². The van der Waals surface area contributed by atoms with Gasteiger partial charge in [0, 0.05) is 12.6 Å². The number of nitrogens with one attached hydrogen (secondary N) is 1. The largest absolute Gasteiger partial charge is 0.330 e. The molecule has 3 heteroatoms. The SMILES string of the molecule is CC(CCN)NCc1ccsc1. The maximum absolute atomic E-state index is 5.44. The Morgan fingerprint density at radius 3 is 3.08 bits per heavy atom. The van der Waals surface area contributed by atoms with Crippen LogP contribution in [-0.2, 0) is 6.54 Å². The van der Waals surface area contributed by atoms with Gasteiger partial charge in [-0.1, -0.05) is 0 Å². The van der Waals surface area contributed by atoms with Crippen molar-refractivity contribution in [3.05, 3.63) is 22.4 Å². The minimum absolute atomic E-state index is 0.523. The van der Waals surface area contributed by atoms with Crippen molar-refractivity contribution in [2.24, 2.45) is 5.73 Å². The Kier molecular flexibility index (Phi) is 4.29. The lowest BCUT2D eigenvalue weighted by molar-refractivity contribution is 0.520. The molecule has 0 saturated heterocycles. The number of hydrogen-bond donors (Lipinski definition) is 2. The molecule has 0 bridgehead atoms. The van der Waals surface area contributed by atoms with Gasteiger partial charge >= 0.3 is 0 Å². The summed E-state index contributed by atoms with van der Waals surface area (Å²) in [5, 5.41) is 7.68. The van der Waals surface area contributed by atoms with Crippen LogP contribution in [0.2, 0.25) is 0 Å². The predicted octanol–water partition coefficient (Wildman–Crippen LogP) is 1.57. The fourth-order valence-corrected chi connectivity index (χ4v) is 1.71. The lowest BCUT2D eigenvalue weighted by Gasteiger charge is -2.11. The minimum Gasteiger partial charge on any atom is -0.330 e. The van der Waals surface area contributed by atoms with Crippen molar-refractivity contribution in [2.75, 3.05) is 6.54 Å². The highest BCUT2D eigenvalue weighted by molar-refractivity contribution is 7.07. The summed E-state index contributed by atoms with van der Waals surface area (Å²) in [7, 11) is 0. The standard InChI is InChI=1S/C9H16N2S/c1-8(2-4-10)11-6-9-3-5-12-7-9/h3,5,7-8,11H,2,4,6,10H2,1H3.